The van der Waals surface area contributed by atoms with E-state index >= 15 is 0 Å². The van der Waals surface area contributed by atoms with E-state index in [4.69, 9.17) is 10.6 Å². The van der Waals surface area contributed by atoms with Crippen LogP contribution in [0.15, 0.2) is 30.6 Å². The van der Waals surface area contributed by atoms with Gasteiger partial charge in [0.15, 0.2) is 0 Å². The summed E-state index contributed by atoms with van der Waals surface area (Å²) in [7, 11) is -2.27. The third kappa shape index (κ3) is 4.52. The maximum atomic E-state index is 12.1. The maximum Gasteiger partial charge on any atom is 0.260 e. The van der Waals surface area contributed by atoms with Crippen molar-refractivity contribution in [3.63, 3.8) is 0 Å². The van der Waals surface area contributed by atoms with E-state index in [1.807, 2.05) is 29.3 Å². The Bertz CT molecular complexity index is 759. The average Bonchev–Trinajstić information content (AvgIpc) is 2.62. The molecule has 3 rings (SSSR count). The second-order valence-electron chi connectivity index (χ2n) is 6.04. The van der Waals surface area contributed by atoms with Crippen LogP contribution in [0, 0.1) is 0 Å². The molecule has 3 N–H and O–H groups in total. The third-order valence-electron chi connectivity index (χ3n) is 3.80. The Morgan fingerprint density at radius 1 is 1.20 bits per heavy atom. The van der Waals surface area contributed by atoms with Crippen LogP contribution in [0.25, 0.3) is 0 Å². The van der Waals surface area contributed by atoms with Crippen molar-refractivity contribution in [3.05, 3.63) is 30.6 Å². The fourth-order valence-corrected chi connectivity index (χ4v) is 3.25. The number of aromatic nitrogens is 3. The van der Waals surface area contributed by atoms with E-state index in [0.717, 1.165) is 11.0 Å². The summed E-state index contributed by atoms with van der Waals surface area (Å²) in [5.41, 5.74) is 0.796. The number of morpholine rings is 1. The number of anilines is 3. The standard InChI is InChI=1S/C15H22N7O2P/c1-25(2,23)13-5-3-12(4-6-13)19-14-17-11-18-15(20-14)22(16)21-7-9-24-10-8-21/h3-6,11H,7-10,16H2,1-2H3,(H,17,18,19,20). The molecule has 25 heavy (non-hydrogen) atoms. The van der Waals surface area contributed by atoms with Gasteiger partial charge in [-0.2, -0.15) is 15.0 Å². The molecule has 0 bridgehead atoms. The van der Waals surface area contributed by atoms with Gasteiger partial charge in [-0.25, -0.2) is 15.9 Å². The summed E-state index contributed by atoms with van der Waals surface area (Å²) in [5, 5.41) is 7.27. The molecule has 0 saturated carbocycles. The van der Waals surface area contributed by atoms with E-state index in [-0.39, 0.29) is 0 Å². The van der Waals surface area contributed by atoms with Crippen LogP contribution >= 0.6 is 7.14 Å². The van der Waals surface area contributed by atoms with Crippen molar-refractivity contribution in [2.24, 2.45) is 5.84 Å². The third-order valence-corrected chi connectivity index (χ3v) is 5.34. The number of nitrogens with two attached hydrogens (primary N) is 1. The monoisotopic (exact) mass is 363 g/mol. The lowest BCUT2D eigenvalue weighted by atomic mass is 10.3. The predicted molar refractivity (Wildman–Crippen MR) is 97.7 cm³/mol. The molecule has 9 nitrogen and oxygen atoms in total. The fraction of sp³-hybridized carbons (Fsp3) is 0.400. The van der Waals surface area contributed by atoms with Gasteiger partial charge in [0.05, 0.1) is 13.2 Å². The smallest absolute Gasteiger partial charge is 0.260 e. The molecule has 1 fully saturated rings. The Hall–Kier alpha value is -2.06. The first-order chi connectivity index (χ1) is 11.9. The highest BCUT2D eigenvalue weighted by molar-refractivity contribution is 7.70. The zero-order chi connectivity index (χ0) is 17.9. The quantitative estimate of drug-likeness (QED) is 0.452. The van der Waals surface area contributed by atoms with Crippen LogP contribution in [0.5, 0.6) is 0 Å². The Morgan fingerprint density at radius 2 is 1.88 bits per heavy atom. The first-order valence-corrected chi connectivity index (χ1v) is 10.5. The summed E-state index contributed by atoms with van der Waals surface area (Å²) in [5.74, 6) is 6.83. The normalized spacial score (nSPS) is 15.8. The Labute approximate surface area is 146 Å². The van der Waals surface area contributed by atoms with Gasteiger partial charge < -0.3 is 14.6 Å². The van der Waals surface area contributed by atoms with Gasteiger partial charge >= 0.3 is 0 Å². The molecule has 0 atom stereocenters. The molecule has 0 spiro atoms. The van der Waals surface area contributed by atoms with Gasteiger partial charge in [0.25, 0.3) is 5.95 Å². The summed E-state index contributed by atoms with van der Waals surface area (Å²) in [6.07, 6.45) is 1.41. The number of rotatable bonds is 5. The minimum absolute atomic E-state index is 0.350. The van der Waals surface area contributed by atoms with E-state index in [0.29, 0.717) is 38.2 Å². The van der Waals surface area contributed by atoms with Crippen molar-refractivity contribution in [2.75, 3.05) is 50.1 Å². The zero-order valence-corrected chi connectivity index (χ0v) is 15.2. The van der Waals surface area contributed by atoms with Gasteiger partial charge in [0.1, 0.15) is 13.5 Å². The van der Waals surface area contributed by atoms with Crippen molar-refractivity contribution in [2.45, 2.75) is 0 Å². The van der Waals surface area contributed by atoms with Gasteiger partial charge in [-0.15, -0.1) is 0 Å². The van der Waals surface area contributed by atoms with Gasteiger partial charge in [-0.05, 0) is 37.6 Å². The molecular weight excluding hydrogens is 341 g/mol. The minimum atomic E-state index is -2.27. The molecule has 2 aromatic rings. The number of hydrogen-bond acceptors (Lipinski definition) is 9. The first-order valence-electron chi connectivity index (χ1n) is 7.92. The van der Waals surface area contributed by atoms with Gasteiger partial charge in [-0.1, -0.05) is 0 Å². The van der Waals surface area contributed by atoms with Crippen molar-refractivity contribution in [1.82, 2.24) is 20.0 Å². The highest BCUT2D eigenvalue weighted by atomic mass is 31.2. The molecule has 1 saturated heterocycles. The van der Waals surface area contributed by atoms with Crippen LogP contribution in [-0.4, -0.2) is 59.6 Å². The van der Waals surface area contributed by atoms with Crippen molar-refractivity contribution in [3.8, 4) is 0 Å². The largest absolute Gasteiger partial charge is 0.379 e. The maximum absolute atomic E-state index is 12.1. The van der Waals surface area contributed by atoms with Crippen LogP contribution in [-0.2, 0) is 9.30 Å². The van der Waals surface area contributed by atoms with Gasteiger partial charge in [-0.3, -0.25) is 0 Å². The molecule has 1 aliphatic heterocycles. The van der Waals surface area contributed by atoms with Crippen LogP contribution in [0.1, 0.15) is 0 Å². The van der Waals surface area contributed by atoms with E-state index in [9.17, 15) is 4.57 Å². The molecule has 0 amide bonds. The average molecular weight is 363 g/mol. The van der Waals surface area contributed by atoms with E-state index in [2.05, 4.69) is 20.3 Å². The minimum Gasteiger partial charge on any atom is -0.379 e. The summed E-state index contributed by atoms with van der Waals surface area (Å²) in [4.78, 5) is 12.6. The molecular formula is C15H22N7O2P. The molecule has 0 unspecified atom stereocenters. The number of hydrazine groups is 2. The Balaban J connectivity index is 1.72. The summed E-state index contributed by atoms with van der Waals surface area (Å²) in [6.45, 7) is 6.09. The van der Waals surface area contributed by atoms with E-state index in [1.165, 1.54) is 11.4 Å². The lowest BCUT2D eigenvalue weighted by Gasteiger charge is -2.33. The second kappa shape index (κ2) is 7.45. The van der Waals surface area contributed by atoms with Crippen LogP contribution in [0.4, 0.5) is 17.6 Å². The fourth-order valence-electron chi connectivity index (χ4n) is 2.39. The van der Waals surface area contributed by atoms with Crippen LogP contribution < -0.4 is 21.6 Å². The molecule has 0 aliphatic carbocycles. The van der Waals surface area contributed by atoms with E-state index in [1.54, 1.807) is 13.3 Å². The number of nitrogens with zero attached hydrogens (tertiary/aromatic N) is 5. The summed E-state index contributed by atoms with van der Waals surface area (Å²) in [6, 6.07) is 7.38. The molecule has 1 aliphatic rings. The number of benzene rings is 1. The van der Waals surface area contributed by atoms with Gasteiger partial charge in [0.2, 0.25) is 5.95 Å². The van der Waals surface area contributed by atoms with Crippen LogP contribution in [0.2, 0.25) is 0 Å². The van der Waals surface area contributed by atoms with Crippen LogP contribution in [0.3, 0.4) is 0 Å². The van der Waals surface area contributed by atoms with Crippen molar-refractivity contribution in [1.29, 1.82) is 0 Å². The molecule has 10 heteroatoms. The molecule has 1 aromatic carbocycles. The van der Waals surface area contributed by atoms with Crippen molar-refractivity contribution >= 4 is 30.0 Å². The lowest BCUT2D eigenvalue weighted by Crippen LogP contribution is -2.53. The zero-order valence-electron chi connectivity index (χ0n) is 14.3. The molecule has 134 valence electrons. The Kier molecular flexibility index (Phi) is 5.29. The van der Waals surface area contributed by atoms with Gasteiger partial charge in [0, 0.05) is 24.1 Å². The SMILES string of the molecule is CP(C)(=O)c1ccc(Nc2ncnc(N(N)N3CCOCC3)n2)cc1. The number of hydrogen-bond donors (Lipinski definition) is 2. The molecule has 2 heterocycles. The van der Waals surface area contributed by atoms with E-state index < -0.39 is 7.14 Å². The summed E-state index contributed by atoms with van der Waals surface area (Å²) >= 11 is 0. The highest BCUT2D eigenvalue weighted by Crippen LogP contribution is 2.34. The highest BCUT2D eigenvalue weighted by Gasteiger charge is 2.19. The lowest BCUT2D eigenvalue weighted by molar-refractivity contribution is 0.0307. The number of ether oxygens (including phenoxy) is 1. The number of nitrogens with one attached hydrogen (secondary N) is 1. The molecule has 0 radical (unpaired) electrons. The predicted octanol–water partition coefficient (Wildman–Crippen LogP) is 0.791. The van der Waals surface area contributed by atoms with Crippen molar-refractivity contribution < 1.29 is 9.30 Å². The topological polar surface area (TPSA) is 110 Å². The second-order valence-corrected chi connectivity index (χ2v) is 9.26. The molecule has 1 aromatic heterocycles. The Morgan fingerprint density at radius 3 is 2.52 bits per heavy atom. The first kappa shape index (κ1) is 17.8. The summed E-state index contributed by atoms with van der Waals surface area (Å²) < 4.78 is 17.4.